The van der Waals surface area contributed by atoms with E-state index in [1.165, 1.54) is 22.8 Å². The van der Waals surface area contributed by atoms with Crippen molar-refractivity contribution in [1.82, 2.24) is 9.29 Å². The van der Waals surface area contributed by atoms with Crippen molar-refractivity contribution < 1.29 is 31.5 Å². The third kappa shape index (κ3) is 4.50. The van der Waals surface area contributed by atoms with E-state index in [2.05, 4.69) is 10.3 Å². The van der Waals surface area contributed by atoms with E-state index in [9.17, 15) is 22.0 Å². The number of carbonyl (C=O) groups excluding carboxylic acids is 1. The number of halogens is 2. The Bertz CT molecular complexity index is 1260. The molecule has 12 heteroatoms. The predicted octanol–water partition coefficient (Wildman–Crippen LogP) is 3.63. The largest absolute Gasteiger partial charge is 0.495 e. The second-order valence-electron chi connectivity index (χ2n) is 7.41. The van der Waals surface area contributed by atoms with Gasteiger partial charge in [-0.05, 0) is 43.2 Å². The highest BCUT2D eigenvalue weighted by molar-refractivity contribution is 7.89. The maximum absolute atomic E-state index is 13.5. The van der Waals surface area contributed by atoms with Crippen LogP contribution in [-0.2, 0) is 14.8 Å². The topological polar surface area (TPSA) is 97.8 Å². The molecular formula is C21H21F2N3O5S2. The maximum Gasteiger partial charge on any atom is 0.243 e. The molecule has 1 aliphatic heterocycles. The highest BCUT2D eigenvalue weighted by Gasteiger charge is 2.33. The van der Waals surface area contributed by atoms with Crippen molar-refractivity contribution in [1.29, 1.82) is 0 Å². The van der Waals surface area contributed by atoms with Crippen molar-refractivity contribution in [3.8, 4) is 11.5 Å². The number of sulfonamides is 1. The first-order valence-electron chi connectivity index (χ1n) is 10.0. The van der Waals surface area contributed by atoms with E-state index in [4.69, 9.17) is 9.47 Å². The van der Waals surface area contributed by atoms with Gasteiger partial charge < -0.3 is 14.8 Å². The second-order valence-corrected chi connectivity index (χ2v) is 10.3. The minimum Gasteiger partial charge on any atom is -0.495 e. The number of nitrogens with one attached hydrogen (secondary N) is 1. The van der Waals surface area contributed by atoms with E-state index in [0.717, 1.165) is 16.8 Å². The van der Waals surface area contributed by atoms with Gasteiger partial charge in [-0.15, -0.1) is 0 Å². The zero-order valence-electron chi connectivity index (χ0n) is 17.8. The molecule has 1 fully saturated rings. The number of carbonyl (C=O) groups is 1. The fourth-order valence-electron chi connectivity index (χ4n) is 3.69. The summed E-state index contributed by atoms with van der Waals surface area (Å²) in [7, 11) is -0.913. The first-order valence-corrected chi connectivity index (χ1v) is 12.3. The van der Waals surface area contributed by atoms with E-state index < -0.39 is 27.6 Å². The van der Waals surface area contributed by atoms with Gasteiger partial charge in [-0.25, -0.2) is 22.2 Å². The zero-order chi connectivity index (χ0) is 23.8. The zero-order valence-corrected chi connectivity index (χ0v) is 19.4. The molecule has 2 heterocycles. The van der Waals surface area contributed by atoms with Crippen molar-refractivity contribution in [3.63, 3.8) is 0 Å². The van der Waals surface area contributed by atoms with Crippen LogP contribution in [0.25, 0.3) is 10.2 Å². The number of hydrogen-bond acceptors (Lipinski definition) is 7. The number of nitrogens with zero attached hydrogens (tertiary/aromatic N) is 2. The lowest BCUT2D eigenvalue weighted by Gasteiger charge is -2.30. The molecule has 8 nitrogen and oxygen atoms in total. The quantitative estimate of drug-likeness (QED) is 0.559. The molecule has 0 spiro atoms. The van der Waals surface area contributed by atoms with Crippen LogP contribution in [0.2, 0.25) is 0 Å². The summed E-state index contributed by atoms with van der Waals surface area (Å²) in [6.45, 7) is 0.168. The van der Waals surface area contributed by atoms with E-state index in [1.54, 1.807) is 19.2 Å². The van der Waals surface area contributed by atoms with Gasteiger partial charge in [-0.3, -0.25) is 4.79 Å². The summed E-state index contributed by atoms with van der Waals surface area (Å²) in [6.07, 6.45) is 0.568. The third-order valence-electron chi connectivity index (χ3n) is 5.49. The van der Waals surface area contributed by atoms with E-state index in [1.807, 2.05) is 0 Å². The van der Waals surface area contributed by atoms with Gasteiger partial charge >= 0.3 is 0 Å². The van der Waals surface area contributed by atoms with Crippen LogP contribution < -0.4 is 14.8 Å². The van der Waals surface area contributed by atoms with Crippen LogP contribution in [-0.4, -0.2) is 50.9 Å². The van der Waals surface area contributed by atoms with Gasteiger partial charge in [0.2, 0.25) is 15.9 Å². The van der Waals surface area contributed by atoms with Gasteiger partial charge in [0.15, 0.2) is 16.8 Å². The lowest BCUT2D eigenvalue weighted by atomic mass is 9.97. The average Bonchev–Trinajstić information content (AvgIpc) is 3.23. The second kappa shape index (κ2) is 9.20. The Kier molecular flexibility index (Phi) is 6.50. The Balaban J connectivity index is 1.44. The Hall–Kier alpha value is -2.83. The number of thiazole rings is 1. The molecule has 1 amide bonds. The Morgan fingerprint density at radius 3 is 2.39 bits per heavy atom. The lowest BCUT2D eigenvalue weighted by Crippen LogP contribution is -2.41. The number of anilines is 1. The van der Waals surface area contributed by atoms with Crippen molar-refractivity contribution >= 4 is 42.6 Å². The Morgan fingerprint density at radius 2 is 1.76 bits per heavy atom. The molecule has 1 N–H and O–H groups in total. The van der Waals surface area contributed by atoms with Gasteiger partial charge in [-0.2, -0.15) is 4.31 Å². The van der Waals surface area contributed by atoms with Crippen molar-refractivity contribution in [2.24, 2.45) is 5.92 Å². The van der Waals surface area contributed by atoms with Gasteiger partial charge in [0.05, 0.1) is 19.1 Å². The molecule has 33 heavy (non-hydrogen) atoms. The van der Waals surface area contributed by atoms with Crippen LogP contribution in [0.1, 0.15) is 12.8 Å². The third-order valence-corrected chi connectivity index (χ3v) is 8.37. The molecule has 0 radical (unpaired) electrons. The summed E-state index contributed by atoms with van der Waals surface area (Å²) < 4.78 is 64.7. The van der Waals surface area contributed by atoms with Gasteiger partial charge in [0.1, 0.15) is 21.7 Å². The molecule has 1 saturated heterocycles. The number of aromatic nitrogens is 1. The van der Waals surface area contributed by atoms with E-state index in [0.29, 0.717) is 28.2 Å². The number of piperidine rings is 1. The van der Waals surface area contributed by atoms with Gasteiger partial charge in [0, 0.05) is 19.0 Å². The van der Waals surface area contributed by atoms with Gasteiger partial charge in [-0.1, -0.05) is 11.3 Å². The fourth-order valence-corrected chi connectivity index (χ4v) is 6.15. The molecule has 1 aliphatic rings. The summed E-state index contributed by atoms with van der Waals surface area (Å²) in [5.41, 5.74) is 0.574. The first-order chi connectivity index (χ1) is 15.7. The minimum atomic E-state index is -3.99. The molecule has 0 unspecified atom stereocenters. The molecule has 1 aromatic heterocycles. The smallest absolute Gasteiger partial charge is 0.243 e. The lowest BCUT2D eigenvalue weighted by molar-refractivity contribution is -0.120. The number of rotatable bonds is 6. The fraction of sp³-hybridized carbons (Fsp3) is 0.333. The number of amides is 1. The van der Waals surface area contributed by atoms with Crippen LogP contribution in [0.3, 0.4) is 0 Å². The van der Waals surface area contributed by atoms with Crippen LogP contribution in [0.4, 0.5) is 13.9 Å². The predicted molar refractivity (Wildman–Crippen MR) is 119 cm³/mol. The monoisotopic (exact) mass is 497 g/mol. The molecule has 0 saturated carbocycles. The minimum absolute atomic E-state index is 0.0842. The van der Waals surface area contributed by atoms with Crippen LogP contribution in [0.5, 0.6) is 11.5 Å². The van der Waals surface area contributed by atoms with E-state index in [-0.39, 0.29) is 36.7 Å². The van der Waals surface area contributed by atoms with Crippen molar-refractivity contribution in [2.75, 3.05) is 32.6 Å². The molecular weight excluding hydrogens is 476 g/mol. The molecule has 3 aromatic rings. The SMILES string of the molecule is COc1ccc(OC)c2sc(NC(=O)C3CCN(S(=O)(=O)c4ccc(F)c(F)c4)CC3)nc12. The molecule has 176 valence electrons. The number of ether oxygens (including phenoxy) is 2. The summed E-state index contributed by atoms with van der Waals surface area (Å²) in [5, 5.41) is 3.18. The highest BCUT2D eigenvalue weighted by atomic mass is 32.2. The summed E-state index contributed by atoms with van der Waals surface area (Å²) >= 11 is 1.25. The molecule has 4 rings (SSSR count). The molecule has 2 aromatic carbocycles. The first kappa shape index (κ1) is 23.3. The maximum atomic E-state index is 13.5. The van der Waals surface area contributed by atoms with Gasteiger partial charge in [0.25, 0.3) is 0 Å². The number of fused-ring (bicyclic) bond motifs is 1. The van der Waals surface area contributed by atoms with Crippen molar-refractivity contribution in [2.45, 2.75) is 17.7 Å². The highest BCUT2D eigenvalue weighted by Crippen LogP contribution is 2.39. The standard InChI is InChI=1S/C21H21F2N3O5S2/c1-30-16-5-6-17(31-2)19-18(16)24-21(32-19)25-20(27)12-7-9-26(10-8-12)33(28,29)13-3-4-14(22)15(23)11-13/h3-6,11-12H,7-10H2,1-2H3,(H,24,25,27). The Morgan fingerprint density at radius 1 is 1.09 bits per heavy atom. The number of benzene rings is 2. The number of hydrogen-bond donors (Lipinski definition) is 1. The summed E-state index contributed by atoms with van der Waals surface area (Å²) in [4.78, 5) is 16.9. The average molecular weight is 498 g/mol. The molecule has 0 bridgehead atoms. The van der Waals surface area contributed by atoms with E-state index >= 15 is 0 Å². The van der Waals surface area contributed by atoms with Crippen molar-refractivity contribution in [3.05, 3.63) is 42.0 Å². The van der Waals surface area contributed by atoms with Crippen LogP contribution in [0, 0.1) is 17.6 Å². The van der Waals surface area contributed by atoms with Crippen LogP contribution >= 0.6 is 11.3 Å². The summed E-state index contributed by atoms with van der Waals surface area (Å²) in [5.74, 6) is -1.87. The molecule has 0 aliphatic carbocycles. The normalized spacial score (nSPS) is 15.5. The van der Waals surface area contributed by atoms with Crippen LogP contribution in [0.15, 0.2) is 35.2 Å². The summed E-state index contributed by atoms with van der Waals surface area (Å²) in [6, 6.07) is 5.97. The number of methoxy groups -OCH3 is 2. The Labute approximate surface area is 193 Å². The molecule has 0 atom stereocenters.